The number of aliphatic imine (C=N–C) groups is 1. The van der Waals surface area contributed by atoms with E-state index in [1.165, 1.54) is 11.8 Å². The van der Waals surface area contributed by atoms with Crippen LogP contribution in [-0.2, 0) is 14.3 Å². The number of rotatable bonds is 4. The average Bonchev–Trinajstić information content (AvgIpc) is 2.91. The number of ether oxygens (including phenoxy) is 1. The topological polar surface area (TPSA) is 59.0 Å². The number of fused-ring (bicyclic) bond motifs is 1. The lowest BCUT2D eigenvalue weighted by Gasteiger charge is -2.33. The largest absolute Gasteiger partial charge is 0.463 e. The minimum atomic E-state index is -0.489. The fourth-order valence-corrected chi connectivity index (χ4v) is 4.35. The second-order valence-corrected chi connectivity index (χ2v) is 7.53. The van der Waals surface area contributed by atoms with Crippen molar-refractivity contribution in [1.29, 1.82) is 0 Å². The van der Waals surface area contributed by atoms with E-state index in [-0.39, 0.29) is 23.7 Å². The highest BCUT2D eigenvalue weighted by atomic mass is 32.2. The van der Waals surface area contributed by atoms with Crippen molar-refractivity contribution in [2.75, 3.05) is 6.61 Å². The van der Waals surface area contributed by atoms with Gasteiger partial charge in [0.25, 0.3) is 0 Å². The Kier molecular flexibility index (Phi) is 4.99. The van der Waals surface area contributed by atoms with Crippen molar-refractivity contribution in [1.82, 2.24) is 4.90 Å². The SMILES string of the molecule is CCOC(=O)C1=C(C)N=C2SC(C(C)C)C(=O)N2C1c1ccccc1. The smallest absolute Gasteiger partial charge is 0.338 e. The van der Waals surface area contributed by atoms with Crippen LogP contribution in [0.5, 0.6) is 0 Å². The van der Waals surface area contributed by atoms with Crippen LogP contribution in [-0.4, -0.2) is 33.8 Å². The normalized spacial score (nSPS) is 23.0. The first kappa shape index (κ1) is 17.7. The van der Waals surface area contributed by atoms with Gasteiger partial charge in [0.05, 0.1) is 29.2 Å². The quantitative estimate of drug-likeness (QED) is 0.773. The molecule has 6 heteroatoms. The van der Waals surface area contributed by atoms with Crippen LogP contribution in [0.2, 0.25) is 0 Å². The Labute approximate surface area is 152 Å². The van der Waals surface area contributed by atoms with Crippen molar-refractivity contribution in [2.45, 2.75) is 39.0 Å². The van der Waals surface area contributed by atoms with E-state index >= 15 is 0 Å². The van der Waals surface area contributed by atoms with Gasteiger partial charge in [-0.15, -0.1) is 0 Å². The summed E-state index contributed by atoms with van der Waals surface area (Å²) in [6, 6.07) is 9.11. The van der Waals surface area contributed by atoms with Gasteiger partial charge < -0.3 is 4.74 Å². The van der Waals surface area contributed by atoms with Gasteiger partial charge in [-0.25, -0.2) is 9.79 Å². The number of nitrogens with zero attached hydrogens (tertiary/aromatic N) is 2. The molecule has 0 radical (unpaired) electrons. The lowest BCUT2D eigenvalue weighted by Crippen LogP contribution is -2.41. The minimum absolute atomic E-state index is 0.00176. The number of carbonyl (C=O) groups is 2. The molecule has 0 bridgehead atoms. The molecule has 0 saturated carbocycles. The van der Waals surface area contributed by atoms with E-state index in [9.17, 15) is 9.59 Å². The number of thioether (sulfide) groups is 1. The summed E-state index contributed by atoms with van der Waals surface area (Å²) in [5.74, 6) is -0.224. The Morgan fingerprint density at radius 1 is 1.32 bits per heavy atom. The lowest BCUT2D eigenvalue weighted by molar-refractivity contribution is -0.139. The van der Waals surface area contributed by atoms with Crippen LogP contribution in [0.25, 0.3) is 0 Å². The maximum atomic E-state index is 13.0. The predicted octanol–water partition coefficient (Wildman–Crippen LogP) is 3.53. The van der Waals surface area contributed by atoms with Gasteiger partial charge in [-0.3, -0.25) is 9.69 Å². The molecule has 2 heterocycles. The van der Waals surface area contributed by atoms with Crippen molar-refractivity contribution < 1.29 is 14.3 Å². The van der Waals surface area contributed by atoms with Crippen LogP contribution < -0.4 is 0 Å². The first-order valence-corrected chi connectivity index (χ1v) is 9.35. The fraction of sp³-hybridized carbons (Fsp3) is 0.421. The average molecular weight is 358 g/mol. The van der Waals surface area contributed by atoms with E-state index in [4.69, 9.17) is 4.74 Å². The van der Waals surface area contributed by atoms with Crippen molar-refractivity contribution in [3.8, 4) is 0 Å². The highest BCUT2D eigenvalue weighted by Crippen LogP contribution is 2.44. The molecule has 25 heavy (non-hydrogen) atoms. The Morgan fingerprint density at radius 3 is 2.60 bits per heavy atom. The molecule has 2 unspecified atom stereocenters. The number of hydrogen-bond donors (Lipinski definition) is 0. The Balaban J connectivity index is 2.12. The Hall–Kier alpha value is -2.08. The summed E-state index contributed by atoms with van der Waals surface area (Å²) in [7, 11) is 0. The van der Waals surface area contributed by atoms with Gasteiger partial charge in [0.15, 0.2) is 5.17 Å². The molecule has 3 rings (SSSR count). The van der Waals surface area contributed by atoms with E-state index in [0.717, 1.165) is 5.56 Å². The van der Waals surface area contributed by atoms with Crippen molar-refractivity contribution in [2.24, 2.45) is 10.9 Å². The summed E-state index contributed by atoms with van der Waals surface area (Å²) >= 11 is 1.48. The molecule has 2 aliphatic heterocycles. The predicted molar refractivity (Wildman–Crippen MR) is 99.0 cm³/mol. The van der Waals surface area contributed by atoms with Crippen molar-refractivity contribution in [3.63, 3.8) is 0 Å². The zero-order valence-corrected chi connectivity index (χ0v) is 15.7. The van der Waals surface area contributed by atoms with Crippen LogP contribution in [0.1, 0.15) is 39.3 Å². The third-order valence-corrected chi connectivity index (χ3v) is 5.82. The maximum absolute atomic E-state index is 13.0. The summed E-state index contributed by atoms with van der Waals surface area (Å²) in [4.78, 5) is 31.9. The number of carbonyl (C=O) groups excluding carboxylic acids is 2. The molecule has 0 spiro atoms. The number of esters is 1. The van der Waals surface area contributed by atoms with Crippen molar-refractivity contribution >= 4 is 28.8 Å². The van der Waals surface area contributed by atoms with Gasteiger partial charge in [-0.05, 0) is 25.3 Å². The van der Waals surface area contributed by atoms with E-state index in [2.05, 4.69) is 4.99 Å². The number of hydrogen-bond acceptors (Lipinski definition) is 5. The van der Waals surface area contributed by atoms with Crippen LogP contribution in [0.3, 0.4) is 0 Å². The zero-order valence-electron chi connectivity index (χ0n) is 14.9. The molecule has 2 aliphatic rings. The highest BCUT2D eigenvalue weighted by Gasteiger charge is 2.48. The minimum Gasteiger partial charge on any atom is -0.463 e. The molecule has 1 amide bonds. The van der Waals surface area contributed by atoms with Gasteiger partial charge >= 0.3 is 5.97 Å². The molecule has 0 aromatic heterocycles. The van der Waals surface area contributed by atoms with E-state index in [1.807, 2.05) is 44.2 Å². The molecule has 1 fully saturated rings. The highest BCUT2D eigenvalue weighted by molar-refractivity contribution is 8.15. The third kappa shape index (κ3) is 3.11. The molecule has 0 aliphatic carbocycles. The van der Waals surface area contributed by atoms with Gasteiger partial charge in [0.1, 0.15) is 0 Å². The van der Waals surface area contributed by atoms with Crippen LogP contribution in [0.15, 0.2) is 46.6 Å². The van der Waals surface area contributed by atoms with Gasteiger partial charge in [0, 0.05) is 0 Å². The monoisotopic (exact) mass is 358 g/mol. The molecule has 1 saturated heterocycles. The van der Waals surface area contributed by atoms with E-state index in [0.29, 0.717) is 16.4 Å². The molecule has 0 N–H and O–H groups in total. The first-order chi connectivity index (χ1) is 12.0. The van der Waals surface area contributed by atoms with E-state index < -0.39 is 12.0 Å². The Morgan fingerprint density at radius 2 is 2.00 bits per heavy atom. The standard InChI is InChI=1S/C19H22N2O3S/c1-5-24-18(23)14-12(4)20-19-21(17(22)16(25-19)11(2)3)15(14)13-9-7-6-8-10-13/h6-11,15-16H,5H2,1-4H3. The second-order valence-electron chi connectivity index (χ2n) is 6.42. The fourth-order valence-electron chi connectivity index (χ4n) is 3.14. The molecular weight excluding hydrogens is 336 g/mol. The number of benzene rings is 1. The summed E-state index contributed by atoms with van der Waals surface area (Å²) in [6.07, 6.45) is 0. The zero-order chi connectivity index (χ0) is 18.1. The number of allylic oxidation sites excluding steroid dienone is 1. The molecule has 1 aromatic carbocycles. The molecule has 2 atom stereocenters. The maximum Gasteiger partial charge on any atom is 0.338 e. The molecule has 1 aromatic rings. The van der Waals surface area contributed by atoms with Crippen molar-refractivity contribution in [3.05, 3.63) is 47.2 Å². The Bertz CT molecular complexity index is 755. The summed E-state index contributed by atoms with van der Waals surface area (Å²) in [6.45, 7) is 7.91. The second kappa shape index (κ2) is 7.04. The third-order valence-electron chi connectivity index (χ3n) is 4.32. The number of amidine groups is 1. The van der Waals surface area contributed by atoms with Gasteiger partial charge in [0.2, 0.25) is 5.91 Å². The van der Waals surface area contributed by atoms with Crippen LogP contribution in [0, 0.1) is 5.92 Å². The van der Waals surface area contributed by atoms with E-state index in [1.54, 1.807) is 18.7 Å². The summed E-state index contributed by atoms with van der Waals surface area (Å²) in [5.41, 5.74) is 1.94. The summed E-state index contributed by atoms with van der Waals surface area (Å²) < 4.78 is 5.25. The van der Waals surface area contributed by atoms with Gasteiger partial charge in [-0.1, -0.05) is 55.9 Å². The molecule has 5 nitrogen and oxygen atoms in total. The molecule has 132 valence electrons. The van der Waals surface area contributed by atoms with Crippen LogP contribution >= 0.6 is 11.8 Å². The molecular formula is C19H22N2O3S. The van der Waals surface area contributed by atoms with Gasteiger partial charge in [-0.2, -0.15) is 0 Å². The number of amides is 1. The summed E-state index contributed by atoms with van der Waals surface area (Å²) in [5, 5.41) is 0.488. The van der Waals surface area contributed by atoms with Crippen LogP contribution in [0.4, 0.5) is 0 Å². The first-order valence-electron chi connectivity index (χ1n) is 8.47. The lowest BCUT2D eigenvalue weighted by atomic mass is 9.94.